The summed E-state index contributed by atoms with van der Waals surface area (Å²) in [4.78, 5) is 46.0. The number of fused-ring (bicyclic) bond motifs is 1. The third-order valence-corrected chi connectivity index (χ3v) is 5.66. The van der Waals surface area contributed by atoms with Gasteiger partial charge in [-0.05, 0) is 24.6 Å². The first-order valence-electron chi connectivity index (χ1n) is 11.9. The lowest BCUT2D eigenvalue weighted by atomic mass is 10.1. The van der Waals surface area contributed by atoms with Gasteiger partial charge >= 0.3 is 11.9 Å². The van der Waals surface area contributed by atoms with Gasteiger partial charge < -0.3 is 24.8 Å². The highest BCUT2D eigenvalue weighted by Crippen LogP contribution is 2.33. The Morgan fingerprint density at radius 3 is 2.37 bits per heavy atom. The van der Waals surface area contributed by atoms with Crippen LogP contribution in [0.3, 0.4) is 0 Å². The average Bonchev–Trinajstić information content (AvgIpc) is 2.93. The van der Waals surface area contributed by atoms with Crippen molar-refractivity contribution in [3.63, 3.8) is 0 Å². The lowest BCUT2D eigenvalue weighted by Crippen LogP contribution is -2.38. The number of rotatable bonds is 13. The highest BCUT2D eigenvalue weighted by molar-refractivity contribution is 6.03. The Kier molecular flexibility index (Phi) is 10.1. The van der Waals surface area contributed by atoms with Crippen LogP contribution in [0.5, 0.6) is 5.75 Å². The molecule has 1 heterocycles. The van der Waals surface area contributed by atoms with Crippen LogP contribution in [0.1, 0.15) is 18.5 Å². The number of carbonyl (C=O) groups excluding carboxylic acids is 3. The molecular formula is C27H31N5O6. The Bertz CT molecular complexity index is 1270. The van der Waals surface area contributed by atoms with Crippen LogP contribution in [0.15, 0.2) is 61.4 Å². The molecule has 0 saturated heterocycles. The van der Waals surface area contributed by atoms with Crippen molar-refractivity contribution in [3.8, 4) is 5.75 Å². The number of nitrogens with one attached hydrogen (secondary N) is 2. The van der Waals surface area contributed by atoms with E-state index in [1.807, 2.05) is 37.3 Å². The number of nitrogens with zero attached hydrogens (tertiary/aromatic N) is 3. The first kappa shape index (κ1) is 28.1. The maximum Gasteiger partial charge on any atom is 0.319 e. The van der Waals surface area contributed by atoms with Crippen LogP contribution in [0.25, 0.3) is 10.9 Å². The van der Waals surface area contributed by atoms with E-state index >= 15 is 0 Å². The monoisotopic (exact) mass is 521 g/mol. The summed E-state index contributed by atoms with van der Waals surface area (Å²) in [5.74, 6) is -0.477. The van der Waals surface area contributed by atoms with Crippen LogP contribution in [-0.4, -0.2) is 73.2 Å². The molecule has 38 heavy (non-hydrogen) atoms. The van der Waals surface area contributed by atoms with Crippen molar-refractivity contribution in [1.82, 2.24) is 14.9 Å². The minimum Gasteiger partial charge on any atom is -0.490 e. The van der Waals surface area contributed by atoms with E-state index in [1.54, 1.807) is 12.1 Å². The van der Waals surface area contributed by atoms with Gasteiger partial charge in [0.15, 0.2) is 0 Å². The van der Waals surface area contributed by atoms with E-state index in [4.69, 9.17) is 14.2 Å². The summed E-state index contributed by atoms with van der Waals surface area (Å²) >= 11 is 0. The van der Waals surface area contributed by atoms with Crippen molar-refractivity contribution in [2.75, 3.05) is 51.1 Å². The fourth-order valence-electron chi connectivity index (χ4n) is 3.62. The molecule has 0 fully saturated rings. The number of esters is 2. The number of aromatic nitrogens is 2. The van der Waals surface area contributed by atoms with Crippen LogP contribution in [-0.2, 0) is 23.9 Å². The SMILES string of the molecule is C=CC(=O)Nc1cc2c(N[C@H](C)c3ccccc3)ncnc2cc1OCCN(CC(=O)OC)CC(=O)OC. The summed E-state index contributed by atoms with van der Waals surface area (Å²) < 4.78 is 15.4. The molecule has 0 radical (unpaired) electrons. The van der Waals surface area contributed by atoms with Crippen LogP contribution in [0.2, 0.25) is 0 Å². The van der Waals surface area contributed by atoms with E-state index in [-0.39, 0.29) is 32.3 Å². The summed E-state index contributed by atoms with van der Waals surface area (Å²) in [6.45, 7) is 5.61. The van der Waals surface area contributed by atoms with Gasteiger partial charge in [-0.15, -0.1) is 0 Å². The van der Waals surface area contributed by atoms with Gasteiger partial charge in [0.2, 0.25) is 5.91 Å². The summed E-state index contributed by atoms with van der Waals surface area (Å²) in [5, 5.41) is 6.84. The van der Waals surface area contributed by atoms with E-state index in [0.29, 0.717) is 28.2 Å². The normalized spacial score (nSPS) is 11.5. The van der Waals surface area contributed by atoms with Crippen LogP contribution in [0.4, 0.5) is 11.5 Å². The molecule has 0 aliphatic carbocycles. The van der Waals surface area contributed by atoms with Gasteiger partial charge in [0, 0.05) is 24.0 Å². The van der Waals surface area contributed by atoms with E-state index in [0.717, 1.165) is 11.6 Å². The van der Waals surface area contributed by atoms with Gasteiger partial charge in [-0.3, -0.25) is 19.3 Å². The molecule has 11 nitrogen and oxygen atoms in total. The van der Waals surface area contributed by atoms with E-state index in [9.17, 15) is 14.4 Å². The number of hydrogen-bond donors (Lipinski definition) is 2. The minimum atomic E-state index is -0.500. The van der Waals surface area contributed by atoms with Crippen LogP contribution < -0.4 is 15.4 Å². The Hall–Kier alpha value is -4.51. The number of carbonyl (C=O) groups is 3. The number of anilines is 2. The molecule has 0 aliphatic rings. The molecule has 1 amide bonds. The summed E-state index contributed by atoms with van der Waals surface area (Å²) in [5.41, 5.74) is 2.07. The Morgan fingerprint density at radius 1 is 1.05 bits per heavy atom. The molecule has 2 aromatic carbocycles. The first-order valence-corrected chi connectivity index (χ1v) is 11.9. The van der Waals surface area contributed by atoms with Crippen molar-refractivity contribution >= 4 is 40.3 Å². The number of ether oxygens (including phenoxy) is 3. The first-order chi connectivity index (χ1) is 18.3. The second kappa shape index (κ2) is 13.7. The fraction of sp³-hybridized carbons (Fsp3) is 0.296. The third kappa shape index (κ3) is 7.74. The zero-order valence-corrected chi connectivity index (χ0v) is 21.6. The van der Waals surface area contributed by atoms with Gasteiger partial charge in [0.1, 0.15) is 24.5 Å². The largest absolute Gasteiger partial charge is 0.490 e. The molecule has 0 bridgehead atoms. The highest BCUT2D eigenvalue weighted by Gasteiger charge is 2.18. The molecule has 200 valence electrons. The maximum absolute atomic E-state index is 12.2. The molecule has 0 saturated carbocycles. The van der Waals surface area contributed by atoms with E-state index in [2.05, 4.69) is 27.2 Å². The number of benzene rings is 2. The van der Waals surface area contributed by atoms with Gasteiger partial charge in [0.05, 0.1) is 38.5 Å². The van der Waals surface area contributed by atoms with Gasteiger partial charge in [-0.2, -0.15) is 0 Å². The minimum absolute atomic E-state index is 0.0351. The van der Waals surface area contributed by atoms with E-state index in [1.165, 1.54) is 25.4 Å². The zero-order chi connectivity index (χ0) is 27.5. The molecule has 2 N–H and O–H groups in total. The molecule has 0 spiro atoms. The fourth-order valence-corrected chi connectivity index (χ4v) is 3.62. The lowest BCUT2D eigenvalue weighted by Gasteiger charge is -2.21. The topological polar surface area (TPSA) is 132 Å². The summed E-state index contributed by atoms with van der Waals surface area (Å²) in [6, 6.07) is 13.3. The molecule has 3 aromatic rings. The van der Waals surface area contributed by atoms with Crippen LogP contribution >= 0.6 is 0 Å². The molecule has 1 atom stereocenters. The van der Waals surface area contributed by atoms with Crippen molar-refractivity contribution < 1.29 is 28.6 Å². The second-order valence-corrected chi connectivity index (χ2v) is 8.27. The van der Waals surface area contributed by atoms with Gasteiger partial charge in [-0.25, -0.2) is 9.97 Å². The molecule has 3 rings (SSSR count). The van der Waals surface area contributed by atoms with Crippen molar-refractivity contribution in [1.29, 1.82) is 0 Å². The van der Waals surface area contributed by atoms with Crippen molar-refractivity contribution in [2.45, 2.75) is 13.0 Å². The Balaban J connectivity index is 1.85. The van der Waals surface area contributed by atoms with E-state index < -0.39 is 17.8 Å². The Morgan fingerprint density at radius 2 is 1.74 bits per heavy atom. The second-order valence-electron chi connectivity index (χ2n) is 8.27. The number of amides is 1. The van der Waals surface area contributed by atoms with Crippen molar-refractivity contribution in [2.24, 2.45) is 0 Å². The third-order valence-electron chi connectivity index (χ3n) is 5.66. The summed E-state index contributed by atoms with van der Waals surface area (Å²) in [6.07, 6.45) is 2.60. The number of hydrogen-bond acceptors (Lipinski definition) is 10. The van der Waals surface area contributed by atoms with Gasteiger partial charge in [0.25, 0.3) is 0 Å². The van der Waals surface area contributed by atoms with Crippen LogP contribution in [0, 0.1) is 0 Å². The molecule has 0 aliphatic heterocycles. The molecule has 11 heteroatoms. The van der Waals surface area contributed by atoms with Gasteiger partial charge in [-0.1, -0.05) is 36.9 Å². The quantitative estimate of drug-likeness (QED) is 0.256. The predicted molar refractivity (Wildman–Crippen MR) is 143 cm³/mol. The highest BCUT2D eigenvalue weighted by atomic mass is 16.5. The number of methoxy groups -OCH3 is 2. The predicted octanol–water partition coefficient (Wildman–Crippen LogP) is 2.95. The molecular weight excluding hydrogens is 490 g/mol. The Labute approximate surface area is 220 Å². The standard InChI is InChI=1S/C27H31N5O6/c1-5-24(33)31-22-13-20-21(28-17-29-27(20)30-18(2)19-9-7-6-8-10-19)14-23(22)38-12-11-32(15-25(34)36-3)16-26(35)37-4/h5-10,13-14,17-18H,1,11-12,15-16H2,2-4H3,(H,31,33)(H,28,29,30)/t18-/m1/s1. The smallest absolute Gasteiger partial charge is 0.319 e. The van der Waals surface area contributed by atoms with Crippen molar-refractivity contribution in [3.05, 3.63) is 67.0 Å². The molecule has 1 aromatic heterocycles. The molecule has 0 unspecified atom stereocenters. The maximum atomic E-state index is 12.2. The lowest BCUT2D eigenvalue weighted by molar-refractivity contribution is -0.145. The summed E-state index contributed by atoms with van der Waals surface area (Å²) in [7, 11) is 2.54. The average molecular weight is 522 g/mol. The zero-order valence-electron chi connectivity index (χ0n) is 21.6.